The van der Waals surface area contributed by atoms with E-state index in [4.69, 9.17) is 4.74 Å². The standard InChI is InChI=1S/C24H34O3/c1-14(2)27-17-6-7-18-19-9-11-24(4)16(10-12-25)5-8-21(24)22(19)15(3)23(26)20(18)13-17/h6-7,13-16,19,21-22,25H,5,8-12H2,1-4H3/t15-,16+,19+,21-,22+,24+/m0/s1. The summed E-state index contributed by atoms with van der Waals surface area (Å²) in [6.45, 7) is 8.92. The second-order valence-electron chi connectivity index (χ2n) is 9.69. The lowest BCUT2D eigenvalue weighted by molar-refractivity contribution is 0.00323. The molecule has 0 unspecified atom stereocenters. The Morgan fingerprint density at radius 3 is 2.74 bits per heavy atom. The Balaban J connectivity index is 1.69. The van der Waals surface area contributed by atoms with Crippen LogP contribution >= 0.6 is 0 Å². The number of carbonyl (C=O) groups is 1. The van der Waals surface area contributed by atoms with Crippen molar-refractivity contribution in [2.24, 2.45) is 29.1 Å². The lowest BCUT2D eigenvalue weighted by Gasteiger charge is -2.52. The van der Waals surface area contributed by atoms with Crippen LogP contribution in [0.15, 0.2) is 18.2 Å². The number of aliphatic hydroxyl groups excluding tert-OH is 1. The van der Waals surface area contributed by atoms with Crippen molar-refractivity contribution in [3.8, 4) is 5.75 Å². The van der Waals surface area contributed by atoms with Crippen LogP contribution in [0.3, 0.4) is 0 Å². The minimum atomic E-state index is 0.0781. The summed E-state index contributed by atoms with van der Waals surface area (Å²) in [7, 11) is 0. The third-order valence-corrected chi connectivity index (χ3v) is 8.06. The lowest BCUT2D eigenvalue weighted by atomic mass is 9.51. The van der Waals surface area contributed by atoms with Crippen molar-refractivity contribution in [1.29, 1.82) is 0 Å². The van der Waals surface area contributed by atoms with Crippen LogP contribution in [0.4, 0.5) is 0 Å². The molecule has 2 saturated carbocycles. The first kappa shape index (κ1) is 19.0. The second kappa shape index (κ2) is 6.92. The highest BCUT2D eigenvalue weighted by molar-refractivity contribution is 6.01. The largest absolute Gasteiger partial charge is 0.491 e. The Bertz CT molecular complexity index is 724. The van der Waals surface area contributed by atoms with E-state index in [2.05, 4.69) is 26.0 Å². The summed E-state index contributed by atoms with van der Waals surface area (Å²) < 4.78 is 5.85. The molecule has 4 rings (SSSR count). The molecule has 1 N–H and O–H groups in total. The number of hydrogen-bond donors (Lipinski definition) is 1. The normalized spacial score (nSPS) is 37.7. The second-order valence-corrected chi connectivity index (χ2v) is 9.69. The van der Waals surface area contributed by atoms with Gasteiger partial charge < -0.3 is 9.84 Å². The Kier molecular flexibility index (Phi) is 4.86. The Labute approximate surface area is 163 Å². The van der Waals surface area contributed by atoms with Gasteiger partial charge in [0.05, 0.1) is 6.10 Å². The quantitative estimate of drug-likeness (QED) is 0.791. The summed E-state index contributed by atoms with van der Waals surface area (Å²) in [6, 6.07) is 6.20. The van der Waals surface area contributed by atoms with E-state index in [9.17, 15) is 9.90 Å². The van der Waals surface area contributed by atoms with Gasteiger partial charge in [0, 0.05) is 18.1 Å². The smallest absolute Gasteiger partial charge is 0.166 e. The minimum Gasteiger partial charge on any atom is -0.491 e. The number of rotatable bonds is 4. The van der Waals surface area contributed by atoms with Crippen LogP contribution in [0.25, 0.3) is 0 Å². The molecular formula is C24H34O3. The highest BCUT2D eigenvalue weighted by Gasteiger charge is 2.57. The van der Waals surface area contributed by atoms with Gasteiger partial charge >= 0.3 is 0 Å². The number of benzene rings is 1. The lowest BCUT2D eigenvalue weighted by Crippen LogP contribution is -2.47. The zero-order valence-corrected chi connectivity index (χ0v) is 17.2. The van der Waals surface area contributed by atoms with Crippen LogP contribution in [0.2, 0.25) is 0 Å². The molecule has 0 spiro atoms. The first-order valence-corrected chi connectivity index (χ1v) is 10.8. The van der Waals surface area contributed by atoms with E-state index in [-0.39, 0.29) is 24.0 Å². The summed E-state index contributed by atoms with van der Waals surface area (Å²) in [5, 5.41) is 9.51. The Hall–Kier alpha value is -1.35. The third-order valence-electron chi connectivity index (χ3n) is 8.06. The molecule has 0 amide bonds. The molecule has 27 heavy (non-hydrogen) atoms. The molecule has 6 atom stereocenters. The zero-order valence-electron chi connectivity index (χ0n) is 17.2. The van der Waals surface area contributed by atoms with Gasteiger partial charge in [0.15, 0.2) is 5.78 Å². The Morgan fingerprint density at radius 2 is 2.04 bits per heavy atom. The van der Waals surface area contributed by atoms with Gasteiger partial charge in [-0.15, -0.1) is 0 Å². The molecule has 3 heteroatoms. The van der Waals surface area contributed by atoms with Crippen molar-refractivity contribution in [1.82, 2.24) is 0 Å². The van der Waals surface area contributed by atoms with E-state index >= 15 is 0 Å². The van der Waals surface area contributed by atoms with E-state index in [1.54, 1.807) is 0 Å². The SMILES string of the molecule is CC(C)Oc1ccc2c(c1)C(=O)[C@@H](C)[C@@H]1[C@@H]2CC[C@]2(C)[C@@H](CCO)CC[C@@H]12. The number of Topliss-reactive ketones (excluding diaryl/α,β-unsaturated/α-hetero) is 1. The van der Waals surface area contributed by atoms with Crippen LogP contribution in [-0.4, -0.2) is 23.6 Å². The predicted molar refractivity (Wildman–Crippen MR) is 107 cm³/mol. The van der Waals surface area contributed by atoms with Crippen molar-refractivity contribution in [3.63, 3.8) is 0 Å². The van der Waals surface area contributed by atoms with Crippen molar-refractivity contribution in [3.05, 3.63) is 29.3 Å². The predicted octanol–water partition coefficient (Wildman–Crippen LogP) is 5.21. The van der Waals surface area contributed by atoms with Crippen LogP contribution in [-0.2, 0) is 0 Å². The molecular weight excluding hydrogens is 336 g/mol. The monoisotopic (exact) mass is 370 g/mol. The van der Waals surface area contributed by atoms with Crippen LogP contribution < -0.4 is 4.74 Å². The number of ether oxygens (including phenoxy) is 1. The van der Waals surface area contributed by atoms with E-state index in [1.807, 2.05) is 19.9 Å². The van der Waals surface area contributed by atoms with Crippen LogP contribution in [0.1, 0.15) is 81.6 Å². The number of fused-ring (bicyclic) bond motifs is 5. The van der Waals surface area contributed by atoms with Gasteiger partial charge in [0.1, 0.15) is 5.75 Å². The molecule has 0 aromatic heterocycles. The summed E-state index contributed by atoms with van der Waals surface area (Å²) in [5.41, 5.74) is 2.44. The van der Waals surface area contributed by atoms with Crippen molar-refractivity contribution < 1.29 is 14.6 Å². The molecule has 3 aliphatic rings. The van der Waals surface area contributed by atoms with Gasteiger partial charge in [-0.2, -0.15) is 0 Å². The van der Waals surface area contributed by atoms with E-state index < -0.39 is 0 Å². The fourth-order valence-corrected chi connectivity index (χ4v) is 6.83. The van der Waals surface area contributed by atoms with Gasteiger partial charge in [-0.25, -0.2) is 0 Å². The molecule has 0 saturated heterocycles. The zero-order chi connectivity index (χ0) is 19.3. The summed E-state index contributed by atoms with van der Waals surface area (Å²) in [4.78, 5) is 13.3. The van der Waals surface area contributed by atoms with Gasteiger partial charge in [0.25, 0.3) is 0 Å². The van der Waals surface area contributed by atoms with Gasteiger partial charge in [-0.1, -0.05) is 19.9 Å². The number of ketones is 1. The maximum Gasteiger partial charge on any atom is 0.166 e. The molecule has 148 valence electrons. The molecule has 3 aliphatic carbocycles. The van der Waals surface area contributed by atoms with Crippen molar-refractivity contribution >= 4 is 5.78 Å². The average Bonchev–Trinajstić information content (AvgIpc) is 2.95. The van der Waals surface area contributed by atoms with Gasteiger partial charge in [-0.05, 0) is 92.7 Å². The minimum absolute atomic E-state index is 0.0781. The van der Waals surface area contributed by atoms with E-state index in [0.29, 0.717) is 29.5 Å². The molecule has 0 radical (unpaired) electrons. The number of carbonyl (C=O) groups excluding carboxylic acids is 1. The molecule has 0 bridgehead atoms. The van der Waals surface area contributed by atoms with Crippen LogP contribution in [0.5, 0.6) is 5.75 Å². The third kappa shape index (κ3) is 2.93. The van der Waals surface area contributed by atoms with E-state index in [1.165, 1.54) is 24.8 Å². The van der Waals surface area contributed by atoms with E-state index in [0.717, 1.165) is 24.2 Å². The highest BCUT2D eigenvalue weighted by atomic mass is 16.5. The topological polar surface area (TPSA) is 46.5 Å². The van der Waals surface area contributed by atoms with Crippen molar-refractivity contribution in [2.75, 3.05) is 6.61 Å². The Morgan fingerprint density at radius 1 is 1.26 bits per heavy atom. The molecule has 2 fully saturated rings. The molecule has 0 heterocycles. The summed E-state index contributed by atoms with van der Waals surface area (Å²) >= 11 is 0. The first-order chi connectivity index (χ1) is 12.9. The maximum atomic E-state index is 13.3. The first-order valence-electron chi connectivity index (χ1n) is 10.8. The summed E-state index contributed by atoms with van der Waals surface area (Å²) in [6.07, 6.45) is 5.83. The van der Waals surface area contributed by atoms with Gasteiger partial charge in [-0.3, -0.25) is 4.79 Å². The van der Waals surface area contributed by atoms with Crippen molar-refractivity contribution in [2.45, 2.75) is 71.8 Å². The number of aliphatic hydroxyl groups is 1. The number of hydrogen-bond acceptors (Lipinski definition) is 3. The molecule has 1 aromatic rings. The maximum absolute atomic E-state index is 13.3. The fraction of sp³-hybridized carbons (Fsp3) is 0.708. The summed E-state index contributed by atoms with van der Waals surface area (Å²) in [5.74, 6) is 3.35. The van der Waals surface area contributed by atoms with Gasteiger partial charge in [0.2, 0.25) is 0 Å². The fourth-order valence-electron chi connectivity index (χ4n) is 6.83. The van der Waals surface area contributed by atoms with Crippen LogP contribution in [0, 0.1) is 29.1 Å². The molecule has 0 aliphatic heterocycles. The average molecular weight is 371 g/mol. The molecule has 3 nitrogen and oxygen atoms in total. The highest BCUT2D eigenvalue weighted by Crippen LogP contribution is 2.64. The molecule has 1 aromatic carbocycles.